The molecule has 3 rings (SSSR count). The Morgan fingerprint density at radius 2 is 2.00 bits per heavy atom. The largest absolute Gasteiger partial charge is 0.102 e. The Labute approximate surface area is 114 Å². The van der Waals surface area contributed by atoms with Crippen LogP contribution in [-0.4, -0.2) is 5.54 Å². The summed E-state index contributed by atoms with van der Waals surface area (Å²) in [6.07, 6.45) is 8.37. The summed E-state index contributed by atoms with van der Waals surface area (Å²) < 4.78 is 0. The molecular weight excluding hydrogens is 234 g/mol. The van der Waals surface area contributed by atoms with Gasteiger partial charge in [-0.15, -0.1) is 6.58 Å². The third-order valence-corrected chi connectivity index (χ3v) is 5.13. The van der Waals surface area contributed by atoms with E-state index < -0.39 is 0 Å². The highest BCUT2D eigenvalue weighted by Crippen LogP contribution is 2.55. The van der Waals surface area contributed by atoms with Crippen LogP contribution in [0.2, 0.25) is 0 Å². The zero-order valence-electron chi connectivity index (χ0n) is 11.2. The second kappa shape index (κ2) is 4.43. The van der Waals surface area contributed by atoms with Crippen LogP contribution in [0.4, 0.5) is 0 Å². The van der Waals surface area contributed by atoms with E-state index in [-0.39, 0.29) is 11.0 Å². The molecule has 0 radical (unpaired) electrons. The number of rotatable bonds is 2. The number of aryl methyl sites for hydroxylation is 1. The van der Waals surface area contributed by atoms with Gasteiger partial charge in [-0.3, -0.25) is 0 Å². The fourth-order valence-corrected chi connectivity index (χ4v) is 4.20. The zero-order valence-corrected chi connectivity index (χ0v) is 11.2. The Bertz CT molecular complexity index is 559. The summed E-state index contributed by atoms with van der Waals surface area (Å²) in [4.78, 5) is 3.18. The minimum atomic E-state index is -0.296. The normalized spacial score (nSPS) is 32.6. The molecule has 1 fully saturated rings. The second-order valence-corrected chi connectivity index (χ2v) is 5.76. The van der Waals surface area contributed by atoms with Crippen molar-refractivity contribution >= 4 is 0 Å². The summed E-state index contributed by atoms with van der Waals surface area (Å²) in [7, 11) is 0. The fourth-order valence-electron chi connectivity index (χ4n) is 4.20. The van der Waals surface area contributed by atoms with Gasteiger partial charge in [0.2, 0.25) is 0 Å². The summed E-state index contributed by atoms with van der Waals surface area (Å²) >= 11 is 0. The third-order valence-electron chi connectivity index (χ3n) is 5.13. The Morgan fingerprint density at radius 3 is 2.79 bits per heavy atom. The molecule has 98 valence electrons. The number of nitrogens with zero attached hydrogens (tertiary/aromatic N) is 3. The molecule has 0 aromatic heterocycles. The smallest absolute Gasteiger partial charge is 0.0622 e. The van der Waals surface area contributed by atoms with Crippen molar-refractivity contribution in [3.8, 4) is 0 Å². The van der Waals surface area contributed by atoms with Crippen LogP contribution in [-0.2, 0) is 11.8 Å². The number of fused-ring (bicyclic) bond motifs is 3. The number of hydrogen-bond acceptors (Lipinski definition) is 1. The summed E-state index contributed by atoms with van der Waals surface area (Å²) in [6, 6.07) is 8.59. The highest BCUT2D eigenvalue weighted by molar-refractivity contribution is 5.46. The average molecular weight is 253 g/mol. The number of azide groups is 1. The van der Waals surface area contributed by atoms with Crippen LogP contribution >= 0.6 is 0 Å². The van der Waals surface area contributed by atoms with E-state index in [0.29, 0.717) is 0 Å². The highest BCUT2D eigenvalue weighted by atomic mass is 15.2. The summed E-state index contributed by atoms with van der Waals surface area (Å²) in [5, 5.41) is 4.29. The van der Waals surface area contributed by atoms with E-state index in [0.717, 1.165) is 32.1 Å². The van der Waals surface area contributed by atoms with Gasteiger partial charge in [-0.05, 0) is 42.3 Å². The van der Waals surface area contributed by atoms with Gasteiger partial charge in [0.25, 0.3) is 0 Å². The molecule has 0 N–H and O–H groups in total. The molecule has 2 aliphatic rings. The molecule has 0 saturated heterocycles. The van der Waals surface area contributed by atoms with Crippen LogP contribution < -0.4 is 0 Å². The van der Waals surface area contributed by atoms with E-state index in [1.54, 1.807) is 0 Å². The van der Waals surface area contributed by atoms with Crippen molar-refractivity contribution < 1.29 is 0 Å². The molecule has 3 heteroatoms. The lowest BCUT2D eigenvalue weighted by molar-refractivity contribution is 0.161. The lowest BCUT2D eigenvalue weighted by Gasteiger charge is -2.53. The molecule has 0 aliphatic heterocycles. The van der Waals surface area contributed by atoms with Gasteiger partial charge < -0.3 is 0 Å². The van der Waals surface area contributed by atoms with Crippen LogP contribution in [0.3, 0.4) is 0 Å². The zero-order chi connectivity index (χ0) is 13.3. The van der Waals surface area contributed by atoms with Crippen molar-refractivity contribution in [2.45, 2.75) is 49.5 Å². The lowest BCUT2D eigenvalue weighted by atomic mass is 9.53. The lowest BCUT2D eigenvalue weighted by Crippen LogP contribution is -2.54. The average Bonchev–Trinajstić information content (AvgIpc) is 2.47. The molecule has 0 spiro atoms. The predicted molar refractivity (Wildman–Crippen MR) is 77.0 cm³/mol. The maximum absolute atomic E-state index is 9.03. The first kappa shape index (κ1) is 12.3. The number of benzene rings is 1. The fraction of sp³-hybridized carbons (Fsp3) is 0.500. The van der Waals surface area contributed by atoms with Gasteiger partial charge in [-0.2, -0.15) is 0 Å². The van der Waals surface area contributed by atoms with Crippen LogP contribution in [0.1, 0.15) is 43.2 Å². The monoisotopic (exact) mass is 253 g/mol. The highest BCUT2D eigenvalue weighted by Gasteiger charge is 2.53. The first-order chi connectivity index (χ1) is 9.28. The molecule has 1 aromatic rings. The van der Waals surface area contributed by atoms with E-state index in [1.807, 2.05) is 0 Å². The minimum Gasteiger partial charge on any atom is -0.102 e. The van der Waals surface area contributed by atoms with Gasteiger partial charge in [0, 0.05) is 10.3 Å². The van der Waals surface area contributed by atoms with Gasteiger partial charge in [-0.25, -0.2) is 0 Å². The van der Waals surface area contributed by atoms with E-state index in [4.69, 9.17) is 5.53 Å². The minimum absolute atomic E-state index is 0.160. The molecule has 0 heterocycles. The van der Waals surface area contributed by atoms with Gasteiger partial charge in [0.05, 0.1) is 5.54 Å². The Hall–Kier alpha value is -1.73. The maximum atomic E-state index is 9.03. The quantitative estimate of drug-likeness (QED) is 0.318. The van der Waals surface area contributed by atoms with Crippen molar-refractivity contribution in [3.63, 3.8) is 0 Å². The Balaban J connectivity index is 2.26. The molecule has 2 aliphatic carbocycles. The predicted octanol–water partition coefficient (Wildman–Crippen LogP) is 4.68. The molecule has 1 aromatic carbocycles. The molecule has 3 nitrogen and oxygen atoms in total. The SMILES string of the molecule is C=C[C@]12CCCC[C@@]1(N=[N+]=[N-])CCc1ccccc12. The summed E-state index contributed by atoms with van der Waals surface area (Å²) in [6.45, 7) is 4.10. The molecule has 0 bridgehead atoms. The molecule has 0 amide bonds. The van der Waals surface area contributed by atoms with Crippen molar-refractivity contribution in [2.75, 3.05) is 0 Å². The van der Waals surface area contributed by atoms with E-state index in [2.05, 4.69) is 46.9 Å². The maximum Gasteiger partial charge on any atom is 0.0622 e. The topological polar surface area (TPSA) is 48.8 Å². The molecular formula is C16H19N3. The third kappa shape index (κ3) is 1.55. The first-order valence-electron chi connectivity index (χ1n) is 7.06. The second-order valence-electron chi connectivity index (χ2n) is 5.76. The first-order valence-corrected chi connectivity index (χ1v) is 7.06. The van der Waals surface area contributed by atoms with E-state index in [1.165, 1.54) is 17.5 Å². The standard InChI is InChI=1S/C16H19N3/c1-2-15-10-5-6-11-16(15,18-19-17)12-9-13-7-3-4-8-14(13)15/h2-4,7-8H,1,5-6,9-12H2/t15-,16-/m1/s1. The molecule has 19 heavy (non-hydrogen) atoms. The summed E-state index contributed by atoms with van der Waals surface area (Å²) in [5.74, 6) is 0. The molecule has 1 saturated carbocycles. The Morgan fingerprint density at radius 1 is 1.21 bits per heavy atom. The molecule has 0 unspecified atom stereocenters. The van der Waals surface area contributed by atoms with Gasteiger partial charge >= 0.3 is 0 Å². The van der Waals surface area contributed by atoms with Crippen molar-refractivity contribution in [3.05, 3.63) is 58.5 Å². The van der Waals surface area contributed by atoms with Crippen molar-refractivity contribution in [1.82, 2.24) is 0 Å². The van der Waals surface area contributed by atoms with Gasteiger partial charge in [0.1, 0.15) is 0 Å². The van der Waals surface area contributed by atoms with Crippen LogP contribution in [0.25, 0.3) is 10.4 Å². The Kier molecular flexibility index (Phi) is 2.87. The van der Waals surface area contributed by atoms with Crippen molar-refractivity contribution in [2.24, 2.45) is 5.11 Å². The number of hydrogen-bond donors (Lipinski definition) is 0. The van der Waals surface area contributed by atoms with Crippen LogP contribution in [0, 0.1) is 0 Å². The van der Waals surface area contributed by atoms with E-state index in [9.17, 15) is 0 Å². The summed E-state index contributed by atoms with van der Waals surface area (Å²) in [5.41, 5.74) is 11.3. The van der Waals surface area contributed by atoms with Crippen molar-refractivity contribution in [1.29, 1.82) is 0 Å². The van der Waals surface area contributed by atoms with Crippen LogP contribution in [0.5, 0.6) is 0 Å². The molecule has 2 atom stereocenters. The van der Waals surface area contributed by atoms with E-state index >= 15 is 0 Å². The van der Waals surface area contributed by atoms with Gasteiger partial charge in [0.15, 0.2) is 0 Å². The van der Waals surface area contributed by atoms with Crippen LogP contribution in [0.15, 0.2) is 42.0 Å². The van der Waals surface area contributed by atoms with Gasteiger partial charge in [-0.1, -0.05) is 48.3 Å².